The van der Waals surface area contributed by atoms with Crippen molar-refractivity contribution >= 4 is 29.3 Å². The van der Waals surface area contributed by atoms with E-state index in [1.807, 2.05) is 24.3 Å². The van der Waals surface area contributed by atoms with Gasteiger partial charge in [-0.05, 0) is 37.0 Å². The van der Waals surface area contributed by atoms with Gasteiger partial charge in [-0.25, -0.2) is 0 Å². The Morgan fingerprint density at radius 3 is 2.21 bits per heavy atom. The molecule has 1 N–H and O–H groups in total. The van der Waals surface area contributed by atoms with Gasteiger partial charge in [0.15, 0.2) is 0 Å². The second kappa shape index (κ2) is 8.35. The van der Waals surface area contributed by atoms with Crippen LogP contribution in [0.2, 0.25) is 0 Å². The van der Waals surface area contributed by atoms with Crippen LogP contribution in [0, 0.1) is 11.8 Å². The average molecular weight is 397 g/mol. The highest BCUT2D eigenvalue weighted by molar-refractivity contribution is 6.05. The number of anilines is 1. The SMILES string of the molecule is O=C(CCN1C(=O)[C@H]2CCCC[C@H]2C1=O)NCc1ccc(N2CCCC2=O)cc1. The van der Waals surface area contributed by atoms with E-state index in [1.54, 1.807) is 4.90 Å². The number of likely N-dealkylation sites (tertiary alicyclic amines) is 1. The van der Waals surface area contributed by atoms with Gasteiger partial charge in [-0.2, -0.15) is 0 Å². The number of hydrogen-bond donors (Lipinski definition) is 1. The normalized spacial score (nSPS) is 24.2. The molecule has 7 nitrogen and oxygen atoms in total. The van der Waals surface area contributed by atoms with E-state index in [0.717, 1.165) is 49.9 Å². The number of fused-ring (bicyclic) bond motifs is 1. The summed E-state index contributed by atoms with van der Waals surface area (Å²) in [6, 6.07) is 7.60. The number of imide groups is 1. The van der Waals surface area contributed by atoms with E-state index >= 15 is 0 Å². The van der Waals surface area contributed by atoms with E-state index in [2.05, 4.69) is 5.32 Å². The number of amides is 4. The first-order valence-corrected chi connectivity index (χ1v) is 10.6. The van der Waals surface area contributed by atoms with Crippen molar-refractivity contribution in [2.75, 3.05) is 18.0 Å². The highest BCUT2D eigenvalue weighted by Gasteiger charge is 2.47. The molecule has 1 saturated carbocycles. The van der Waals surface area contributed by atoms with E-state index in [1.165, 1.54) is 4.90 Å². The molecule has 3 aliphatic rings. The topological polar surface area (TPSA) is 86.8 Å². The van der Waals surface area contributed by atoms with Gasteiger partial charge in [0.1, 0.15) is 0 Å². The van der Waals surface area contributed by atoms with Gasteiger partial charge in [0.05, 0.1) is 11.8 Å². The third-order valence-corrected chi connectivity index (χ3v) is 6.31. The van der Waals surface area contributed by atoms with Gasteiger partial charge in [0, 0.05) is 38.2 Å². The number of nitrogens with zero attached hydrogens (tertiary/aromatic N) is 2. The quantitative estimate of drug-likeness (QED) is 0.744. The second-order valence-electron chi connectivity index (χ2n) is 8.17. The molecule has 0 spiro atoms. The molecule has 1 aromatic carbocycles. The predicted octanol–water partition coefficient (Wildman–Crippen LogP) is 1.99. The molecule has 0 aromatic heterocycles. The minimum absolute atomic E-state index is 0.0976. The Kier molecular flexibility index (Phi) is 5.65. The molecular weight excluding hydrogens is 370 g/mol. The van der Waals surface area contributed by atoms with Crippen molar-refractivity contribution < 1.29 is 19.2 Å². The van der Waals surface area contributed by atoms with Crippen molar-refractivity contribution in [3.8, 4) is 0 Å². The zero-order chi connectivity index (χ0) is 20.4. The third kappa shape index (κ3) is 4.04. The minimum atomic E-state index is -0.181. The summed E-state index contributed by atoms with van der Waals surface area (Å²) in [5, 5.41) is 2.84. The van der Waals surface area contributed by atoms with Crippen molar-refractivity contribution in [2.45, 2.75) is 51.5 Å². The lowest BCUT2D eigenvalue weighted by Crippen LogP contribution is -2.35. The first-order chi connectivity index (χ1) is 14.0. The molecule has 0 radical (unpaired) electrons. The molecular formula is C22H27N3O4. The van der Waals surface area contributed by atoms with Crippen molar-refractivity contribution in [3.05, 3.63) is 29.8 Å². The summed E-state index contributed by atoms with van der Waals surface area (Å²) in [5.41, 5.74) is 1.82. The van der Waals surface area contributed by atoms with Crippen LogP contribution in [-0.4, -0.2) is 41.6 Å². The molecule has 4 rings (SSSR count). The third-order valence-electron chi connectivity index (χ3n) is 6.31. The molecule has 1 aromatic rings. The Morgan fingerprint density at radius 2 is 1.62 bits per heavy atom. The highest BCUT2D eigenvalue weighted by atomic mass is 16.2. The maximum Gasteiger partial charge on any atom is 0.233 e. The summed E-state index contributed by atoms with van der Waals surface area (Å²) in [7, 11) is 0. The maximum absolute atomic E-state index is 12.5. The predicted molar refractivity (Wildman–Crippen MR) is 107 cm³/mol. The smallest absolute Gasteiger partial charge is 0.233 e. The molecule has 2 aliphatic heterocycles. The summed E-state index contributed by atoms with van der Waals surface area (Å²) in [6.07, 6.45) is 5.19. The summed E-state index contributed by atoms with van der Waals surface area (Å²) in [4.78, 5) is 52.0. The fourth-order valence-corrected chi connectivity index (χ4v) is 4.67. The van der Waals surface area contributed by atoms with Crippen LogP contribution in [0.25, 0.3) is 0 Å². The second-order valence-corrected chi connectivity index (χ2v) is 8.17. The maximum atomic E-state index is 12.5. The average Bonchev–Trinajstić information content (AvgIpc) is 3.27. The van der Waals surface area contributed by atoms with E-state index < -0.39 is 0 Å². The number of rotatable bonds is 6. The molecule has 3 fully saturated rings. The van der Waals surface area contributed by atoms with Crippen molar-refractivity contribution in [1.29, 1.82) is 0 Å². The monoisotopic (exact) mass is 397 g/mol. The summed E-state index contributed by atoms with van der Waals surface area (Å²) in [5.74, 6) is -0.559. The fraction of sp³-hybridized carbons (Fsp3) is 0.545. The largest absolute Gasteiger partial charge is 0.352 e. The first kappa shape index (κ1) is 19.6. The molecule has 154 valence electrons. The Bertz CT molecular complexity index is 796. The van der Waals surface area contributed by atoms with E-state index in [9.17, 15) is 19.2 Å². The van der Waals surface area contributed by atoms with Gasteiger partial charge in [-0.1, -0.05) is 25.0 Å². The van der Waals surface area contributed by atoms with Crippen LogP contribution in [0.1, 0.15) is 50.5 Å². The van der Waals surface area contributed by atoms with E-state index in [-0.39, 0.29) is 48.4 Å². The van der Waals surface area contributed by atoms with Crippen molar-refractivity contribution in [2.24, 2.45) is 11.8 Å². The highest BCUT2D eigenvalue weighted by Crippen LogP contribution is 2.37. The molecule has 1 aliphatic carbocycles. The van der Waals surface area contributed by atoms with Crippen molar-refractivity contribution in [3.63, 3.8) is 0 Å². The zero-order valence-electron chi connectivity index (χ0n) is 16.6. The molecule has 7 heteroatoms. The number of carbonyl (C=O) groups is 4. The first-order valence-electron chi connectivity index (χ1n) is 10.6. The van der Waals surface area contributed by atoms with Gasteiger partial charge in [-0.15, -0.1) is 0 Å². The molecule has 0 bridgehead atoms. The van der Waals surface area contributed by atoms with E-state index in [0.29, 0.717) is 13.0 Å². The summed E-state index contributed by atoms with van der Waals surface area (Å²) >= 11 is 0. The van der Waals surface area contributed by atoms with Crippen LogP contribution in [0.15, 0.2) is 24.3 Å². The molecule has 2 heterocycles. The lowest BCUT2D eigenvalue weighted by Gasteiger charge is -2.19. The molecule has 0 unspecified atom stereocenters. The fourth-order valence-electron chi connectivity index (χ4n) is 4.67. The van der Waals surface area contributed by atoms with Gasteiger partial charge in [0.25, 0.3) is 0 Å². The Hall–Kier alpha value is -2.70. The summed E-state index contributed by atoms with van der Waals surface area (Å²) in [6.45, 7) is 1.29. The van der Waals surface area contributed by atoms with Crippen molar-refractivity contribution in [1.82, 2.24) is 10.2 Å². The Labute approximate surface area is 170 Å². The lowest BCUT2D eigenvalue weighted by atomic mass is 9.81. The lowest BCUT2D eigenvalue weighted by molar-refractivity contribution is -0.140. The van der Waals surface area contributed by atoms with Crippen LogP contribution >= 0.6 is 0 Å². The molecule has 29 heavy (non-hydrogen) atoms. The van der Waals surface area contributed by atoms with Crippen LogP contribution in [0.4, 0.5) is 5.69 Å². The van der Waals surface area contributed by atoms with Gasteiger partial charge >= 0.3 is 0 Å². The number of hydrogen-bond acceptors (Lipinski definition) is 4. The van der Waals surface area contributed by atoms with Crippen LogP contribution < -0.4 is 10.2 Å². The summed E-state index contributed by atoms with van der Waals surface area (Å²) < 4.78 is 0. The van der Waals surface area contributed by atoms with E-state index in [4.69, 9.17) is 0 Å². The zero-order valence-corrected chi connectivity index (χ0v) is 16.6. The van der Waals surface area contributed by atoms with Gasteiger partial charge < -0.3 is 10.2 Å². The molecule has 2 saturated heterocycles. The Balaban J connectivity index is 1.24. The van der Waals surface area contributed by atoms with Crippen LogP contribution in [-0.2, 0) is 25.7 Å². The van der Waals surface area contributed by atoms with Crippen LogP contribution in [0.3, 0.4) is 0 Å². The van der Waals surface area contributed by atoms with Gasteiger partial charge in [-0.3, -0.25) is 24.1 Å². The molecule has 4 amide bonds. The number of benzene rings is 1. The minimum Gasteiger partial charge on any atom is -0.352 e. The Morgan fingerprint density at radius 1 is 0.966 bits per heavy atom. The number of nitrogens with one attached hydrogen (secondary N) is 1. The standard InChI is InChI=1S/C22H27N3O4/c26-19(11-13-25-21(28)17-4-1-2-5-18(17)22(25)29)23-14-15-7-9-16(10-8-15)24-12-3-6-20(24)27/h7-10,17-18H,1-6,11-14H2,(H,23,26)/t17-,18+. The molecule has 2 atom stereocenters. The van der Waals surface area contributed by atoms with Gasteiger partial charge in [0.2, 0.25) is 23.6 Å². The van der Waals surface area contributed by atoms with Crippen LogP contribution in [0.5, 0.6) is 0 Å². The number of carbonyl (C=O) groups excluding carboxylic acids is 4.